The number of hydrogen-bond donors (Lipinski definition) is 1. The van der Waals surface area contributed by atoms with Crippen LogP contribution < -0.4 is 24.3 Å². The van der Waals surface area contributed by atoms with E-state index < -0.39 is 17.8 Å². The normalized spacial score (nSPS) is 14.0. The summed E-state index contributed by atoms with van der Waals surface area (Å²) < 4.78 is 23.2. The van der Waals surface area contributed by atoms with E-state index in [0.717, 1.165) is 22.4 Å². The average Bonchev–Trinajstić information content (AvgIpc) is 3.00. The SMILES string of the molecule is C=CCc1cc(/C=C2\C(=O)NC(=O)N(Cc3ccc(OCCC)c(OC)c3)C2=O)cc(OCC)c1OCc1cccc(Cl)c1. The molecule has 3 aromatic rings. The number of nitrogens with one attached hydrogen (secondary N) is 1. The highest BCUT2D eigenvalue weighted by Crippen LogP contribution is 2.36. The van der Waals surface area contributed by atoms with Gasteiger partial charge in [0.2, 0.25) is 0 Å². The van der Waals surface area contributed by atoms with Crippen molar-refractivity contribution in [1.82, 2.24) is 10.2 Å². The van der Waals surface area contributed by atoms with Crippen LogP contribution in [0.4, 0.5) is 4.79 Å². The molecular formula is C34H35ClN2O7. The average molecular weight is 619 g/mol. The molecule has 44 heavy (non-hydrogen) atoms. The van der Waals surface area contributed by atoms with Crippen LogP contribution in [0.5, 0.6) is 23.0 Å². The predicted molar refractivity (Wildman–Crippen MR) is 168 cm³/mol. The number of rotatable bonds is 14. The molecule has 1 saturated heterocycles. The van der Waals surface area contributed by atoms with Gasteiger partial charge in [0, 0.05) is 10.6 Å². The standard InChI is InChI=1S/C34H35ClN2O7/c1-5-9-25-15-24(19-30(42-7-3)31(25)44-21-23-10-8-11-26(35)16-23)17-27-32(38)36-34(40)37(33(27)39)20-22-12-13-28(43-14-6-2)29(18-22)41-4/h5,8,10-13,15-19H,1,6-7,9,14,20-21H2,2-4H3,(H,36,38,40)/b27-17+. The van der Waals surface area contributed by atoms with Gasteiger partial charge in [-0.25, -0.2) is 4.79 Å². The number of hydrogen-bond acceptors (Lipinski definition) is 7. The van der Waals surface area contributed by atoms with E-state index in [0.29, 0.717) is 58.8 Å². The van der Waals surface area contributed by atoms with Crippen molar-refractivity contribution in [3.8, 4) is 23.0 Å². The Morgan fingerprint density at radius 3 is 2.45 bits per heavy atom. The summed E-state index contributed by atoms with van der Waals surface area (Å²) in [7, 11) is 1.51. The number of methoxy groups -OCH3 is 1. The molecule has 0 spiro atoms. The largest absolute Gasteiger partial charge is 0.493 e. The zero-order chi connectivity index (χ0) is 31.6. The molecule has 0 atom stereocenters. The first kappa shape index (κ1) is 32.2. The summed E-state index contributed by atoms with van der Waals surface area (Å²) in [5.74, 6) is 0.475. The minimum atomic E-state index is -0.811. The van der Waals surface area contributed by atoms with E-state index in [2.05, 4.69) is 11.9 Å². The fourth-order valence-corrected chi connectivity index (χ4v) is 4.82. The van der Waals surface area contributed by atoms with Gasteiger partial charge >= 0.3 is 6.03 Å². The molecule has 230 valence electrons. The molecule has 1 aliphatic rings. The highest BCUT2D eigenvalue weighted by molar-refractivity contribution is 6.31. The number of ether oxygens (including phenoxy) is 4. The Hall–Kier alpha value is -4.76. The minimum Gasteiger partial charge on any atom is -0.493 e. The fourth-order valence-electron chi connectivity index (χ4n) is 4.61. The summed E-state index contributed by atoms with van der Waals surface area (Å²) >= 11 is 6.13. The molecule has 0 radical (unpaired) electrons. The van der Waals surface area contributed by atoms with Crippen LogP contribution in [-0.2, 0) is 29.2 Å². The van der Waals surface area contributed by atoms with Gasteiger partial charge in [-0.05, 0) is 78.9 Å². The molecule has 0 aromatic heterocycles. The van der Waals surface area contributed by atoms with E-state index in [1.54, 1.807) is 42.5 Å². The maximum absolute atomic E-state index is 13.5. The van der Waals surface area contributed by atoms with Gasteiger partial charge in [0.05, 0.1) is 26.9 Å². The number of halogens is 1. The topological polar surface area (TPSA) is 103 Å². The molecule has 0 unspecified atom stereocenters. The Bertz CT molecular complexity index is 1580. The van der Waals surface area contributed by atoms with Gasteiger partial charge in [-0.15, -0.1) is 6.58 Å². The second-order valence-corrected chi connectivity index (χ2v) is 10.3. The smallest absolute Gasteiger partial charge is 0.331 e. The van der Waals surface area contributed by atoms with Crippen LogP contribution in [0.15, 0.2) is 72.8 Å². The van der Waals surface area contributed by atoms with Gasteiger partial charge < -0.3 is 18.9 Å². The van der Waals surface area contributed by atoms with E-state index in [-0.39, 0.29) is 18.7 Å². The molecule has 0 saturated carbocycles. The first-order valence-electron chi connectivity index (χ1n) is 14.2. The first-order valence-corrected chi connectivity index (χ1v) is 14.6. The number of urea groups is 1. The lowest BCUT2D eigenvalue weighted by Crippen LogP contribution is -2.53. The fraction of sp³-hybridized carbons (Fsp3) is 0.265. The third-order valence-electron chi connectivity index (χ3n) is 6.62. The summed E-state index contributed by atoms with van der Waals surface area (Å²) in [5, 5.41) is 2.87. The number of carbonyl (C=O) groups excluding carboxylic acids is 3. The van der Waals surface area contributed by atoms with Crippen molar-refractivity contribution < 1.29 is 33.3 Å². The number of nitrogens with zero attached hydrogens (tertiary/aromatic N) is 1. The molecule has 1 fully saturated rings. The van der Waals surface area contributed by atoms with Gasteiger partial charge in [-0.3, -0.25) is 19.8 Å². The second kappa shape index (κ2) is 15.1. The van der Waals surface area contributed by atoms with E-state index in [4.69, 9.17) is 30.5 Å². The number of imide groups is 2. The molecule has 1 heterocycles. The maximum atomic E-state index is 13.5. The van der Waals surface area contributed by atoms with E-state index in [1.165, 1.54) is 13.2 Å². The molecule has 0 aliphatic carbocycles. The second-order valence-electron chi connectivity index (χ2n) is 9.89. The van der Waals surface area contributed by atoms with Crippen LogP contribution in [0.2, 0.25) is 5.02 Å². The van der Waals surface area contributed by atoms with Crippen LogP contribution in [0.1, 0.15) is 42.5 Å². The van der Waals surface area contributed by atoms with Crippen molar-refractivity contribution in [1.29, 1.82) is 0 Å². The highest BCUT2D eigenvalue weighted by Gasteiger charge is 2.36. The summed E-state index contributed by atoms with van der Waals surface area (Å²) in [4.78, 5) is 40.1. The van der Waals surface area contributed by atoms with E-state index in [9.17, 15) is 14.4 Å². The third-order valence-corrected chi connectivity index (χ3v) is 6.85. The Morgan fingerprint density at radius 1 is 0.932 bits per heavy atom. The molecule has 9 nitrogen and oxygen atoms in total. The third kappa shape index (κ3) is 7.79. The molecular weight excluding hydrogens is 584 g/mol. The summed E-state index contributed by atoms with van der Waals surface area (Å²) in [5.41, 5.74) is 2.57. The Kier molecular flexibility index (Phi) is 11.0. The quantitative estimate of drug-likeness (QED) is 0.125. The number of barbiturate groups is 1. The molecule has 10 heteroatoms. The van der Waals surface area contributed by atoms with Crippen molar-refractivity contribution in [3.05, 3.63) is 100 Å². The predicted octanol–water partition coefficient (Wildman–Crippen LogP) is 6.51. The van der Waals surface area contributed by atoms with Crippen LogP contribution >= 0.6 is 11.6 Å². The van der Waals surface area contributed by atoms with Crippen LogP contribution in [0.25, 0.3) is 6.08 Å². The van der Waals surface area contributed by atoms with Crippen molar-refractivity contribution in [2.75, 3.05) is 20.3 Å². The van der Waals surface area contributed by atoms with Crippen molar-refractivity contribution in [3.63, 3.8) is 0 Å². The number of allylic oxidation sites excluding steroid dienone is 1. The monoisotopic (exact) mass is 618 g/mol. The summed E-state index contributed by atoms with van der Waals surface area (Å²) in [6.07, 6.45) is 4.43. The van der Waals surface area contributed by atoms with Crippen LogP contribution in [0.3, 0.4) is 0 Å². The molecule has 4 rings (SSSR count). The lowest BCUT2D eigenvalue weighted by molar-refractivity contribution is -0.130. The number of carbonyl (C=O) groups is 3. The maximum Gasteiger partial charge on any atom is 0.331 e. The van der Waals surface area contributed by atoms with Gasteiger partial charge in [-0.2, -0.15) is 0 Å². The zero-order valence-electron chi connectivity index (χ0n) is 25.0. The van der Waals surface area contributed by atoms with Gasteiger partial charge in [0.25, 0.3) is 11.8 Å². The van der Waals surface area contributed by atoms with Crippen LogP contribution in [0, 0.1) is 0 Å². The van der Waals surface area contributed by atoms with Crippen LogP contribution in [-0.4, -0.2) is 43.1 Å². The Balaban J connectivity index is 1.64. The molecule has 1 aliphatic heterocycles. The van der Waals surface area contributed by atoms with E-state index >= 15 is 0 Å². The Morgan fingerprint density at radius 2 is 1.75 bits per heavy atom. The lowest BCUT2D eigenvalue weighted by atomic mass is 10.0. The van der Waals surface area contributed by atoms with Gasteiger partial charge in [0.15, 0.2) is 23.0 Å². The minimum absolute atomic E-state index is 0.0815. The molecule has 0 bridgehead atoms. The summed E-state index contributed by atoms with van der Waals surface area (Å²) in [6.45, 7) is 8.74. The van der Waals surface area contributed by atoms with Gasteiger partial charge in [0.1, 0.15) is 12.2 Å². The van der Waals surface area contributed by atoms with Gasteiger partial charge in [-0.1, -0.05) is 42.8 Å². The molecule has 4 amide bonds. The highest BCUT2D eigenvalue weighted by atomic mass is 35.5. The summed E-state index contributed by atoms with van der Waals surface area (Å²) in [6, 6.07) is 15.2. The zero-order valence-corrected chi connectivity index (χ0v) is 25.7. The van der Waals surface area contributed by atoms with Crippen molar-refractivity contribution in [2.45, 2.75) is 39.8 Å². The van der Waals surface area contributed by atoms with Crippen molar-refractivity contribution in [2.24, 2.45) is 0 Å². The number of benzene rings is 3. The van der Waals surface area contributed by atoms with Crippen molar-refractivity contribution >= 4 is 35.5 Å². The molecule has 1 N–H and O–H groups in total. The number of amides is 4. The first-order chi connectivity index (χ1) is 21.3. The Labute approximate surface area is 262 Å². The molecule has 3 aromatic carbocycles. The van der Waals surface area contributed by atoms with E-state index in [1.807, 2.05) is 32.0 Å². The lowest BCUT2D eigenvalue weighted by Gasteiger charge is -2.26.